The van der Waals surface area contributed by atoms with E-state index >= 15 is 0 Å². The fourth-order valence-electron chi connectivity index (χ4n) is 2.90. The van der Waals surface area contributed by atoms with Gasteiger partial charge in [0.2, 0.25) is 0 Å². The first-order valence-electron chi connectivity index (χ1n) is 7.43. The molecular formula is C15H21N5O. The fourth-order valence-corrected chi connectivity index (χ4v) is 2.90. The maximum atomic E-state index is 12.1. The van der Waals surface area contributed by atoms with E-state index in [2.05, 4.69) is 14.9 Å². The van der Waals surface area contributed by atoms with E-state index in [0.29, 0.717) is 18.1 Å². The molecule has 2 aromatic heterocycles. The van der Waals surface area contributed by atoms with E-state index in [0.717, 1.165) is 43.8 Å². The van der Waals surface area contributed by atoms with Crippen molar-refractivity contribution in [1.82, 2.24) is 19.4 Å². The van der Waals surface area contributed by atoms with E-state index in [1.165, 1.54) is 6.20 Å². The first kappa shape index (κ1) is 14.2. The largest absolute Gasteiger partial charge is 0.330 e. The van der Waals surface area contributed by atoms with E-state index in [9.17, 15) is 4.79 Å². The van der Waals surface area contributed by atoms with Crippen molar-refractivity contribution in [2.45, 2.75) is 19.9 Å². The Morgan fingerprint density at radius 1 is 1.38 bits per heavy atom. The minimum Gasteiger partial charge on any atom is -0.330 e. The Bertz CT molecular complexity index is 696. The topological polar surface area (TPSA) is 77.0 Å². The van der Waals surface area contributed by atoms with Crippen LogP contribution in [0.25, 0.3) is 11.2 Å². The Labute approximate surface area is 123 Å². The Kier molecular flexibility index (Phi) is 3.98. The van der Waals surface area contributed by atoms with Crippen LogP contribution in [0.4, 0.5) is 0 Å². The van der Waals surface area contributed by atoms with Crippen LogP contribution in [0.1, 0.15) is 12.1 Å². The highest BCUT2D eigenvalue weighted by Crippen LogP contribution is 2.14. The number of nitrogens with two attached hydrogens (primary N) is 1. The predicted molar refractivity (Wildman–Crippen MR) is 82.1 cm³/mol. The summed E-state index contributed by atoms with van der Waals surface area (Å²) < 4.78 is 1.73. The number of aryl methyl sites for hydroxylation is 1. The van der Waals surface area contributed by atoms with Crippen LogP contribution in [-0.2, 0) is 6.54 Å². The Hall–Kier alpha value is -1.79. The second kappa shape index (κ2) is 5.91. The first-order chi connectivity index (χ1) is 10.2. The van der Waals surface area contributed by atoms with Gasteiger partial charge >= 0.3 is 0 Å². The van der Waals surface area contributed by atoms with E-state index < -0.39 is 0 Å². The molecule has 21 heavy (non-hydrogen) atoms. The number of aromatic nitrogens is 3. The van der Waals surface area contributed by atoms with Gasteiger partial charge < -0.3 is 10.6 Å². The minimum absolute atomic E-state index is 0.0878. The molecule has 6 heteroatoms. The molecule has 1 aliphatic rings. The summed E-state index contributed by atoms with van der Waals surface area (Å²) in [6.45, 7) is 6.26. The van der Waals surface area contributed by atoms with Gasteiger partial charge in [0.25, 0.3) is 5.56 Å². The smallest absolute Gasteiger partial charge is 0.270 e. The van der Waals surface area contributed by atoms with E-state index in [1.807, 2.05) is 19.1 Å². The lowest BCUT2D eigenvalue weighted by Gasteiger charge is -2.17. The molecule has 2 N–H and O–H groups in total. The van der Waals surface area contributed by atoms with Crippen LogP contribution in [-0.4, -0.2) is 45.6 Å². The van der Waals surface area contributed by atoms with E-state index in [1.54, 1.807) is 4.57 Å². The fraction of sp³-hybridized carbons (Fsp3) is 0.533. The highest BCUT2D eigenvalue weighted by Gasteiger charge is 2.21. The molecule has 0 bridgehead atoms. The zero-order valence-corrected chi connectivity index (χ0v) is 12.3. The quantitative estimate of drug-likeness (QED) is 0.879. The van der Waals surface area contributed by atoms with Gasteiger partial charge in [0.05, 0.1) is 6.20 Å². The van der Waals surface area contributed by atoms with Crippen LogP contribution in [0.3, 0.4) is 0 Å². The van der Waals surface area contributed by atoms with Crippen LogP contribution in [0.5, 0.6) is 0 Å². The van der Waals surface area contributed by atoms with Crippen LogP contribution >= 0.6 is 0 Å². The maximum Gasteiger partial charge on any atom is 0.270 e. The molecule has 0 saturated carbocycles. The number of rotatable bonds is 4. The number of nitrogens with zero attached hydrogens (tertiary/aromatic N) is 4. The van der Waals surface area contributed by atoms with Gasteiger partial charge in [-0.2, -0.15) is 0 Å². The van der Waals surface area contributed by atoms with Crippen LogP contribution in [0.2, 0.25) is 0 Å². The molecular weight excluding hydrogens is 266 g/mol. The summed E-state index contributed by atoms with van der Waals surface area (Å²) in [7, 11) is 0. The van der Waals surface area contributed by atoms with Crippen molar-refractivity contribution in [1.29, 1.82) is 0 Å². The van der Waals surface area contributed by atoms with Crippen LogP contribution in [0, 0.1) is 12.8 Å². The van der Waals surface area contributed by atoms with Gasteiger partial charge in [0, 0.05) is 25.3 Å². The summed E-state index contributed by atoms with van der Waals surface area (Å²) in [5.41, 5.74) is 7.97. The molecule has 0 amide bonds. The summed E-state index contributed by atoms with van der Waals surface area (Å²) in [5, 5.41) is 0. The molecule has 0 spiro atoms. The van der Waals surface area contributed by atoms with Gasteiger partial charge in [-0.25, -0.2) is 9.97 Å². The molecule has 6 nitrogen and oxygen atoms in total. The van der Waals surface area contributed by atoms with Crippen molar-refractivity contribution in [3.63, 3.8) is 0 Å². The number of likely N-dealkylation sites (tertiary alicyclic amines) is 1. The number of pyridine rings is 1. The predicted octanol–water partition coefficient (Wildman–Crippen LogP) is 0.381. The maximum absolute atomic E-state index is 12.1. The van der Waals surface area contributed by atoms with Crippen molar-refractivity contribution in [2.24, 2.45) is 11.7 Å². The SMILES string of the molecule is Cc1ccc2ncc(=O)n(CCN3CC[C@@H](CN)C3)c2n1. The third-order valence-corrected chi connectivity index (χ3v) is 4.17. The van der Waals surface area contributed by atoms with Crippen molar-refractivity contribution in [3.05, 3.63) is 34.4 Å². The molecule has 2 aromatic rings. The summed E-state index contributed by atoms with van der Waals surface area (Å²) in [5.74, 6) is 0.594. The number of fused-ring (bicyclic) bond motifs is 1. The molecule has 1 atom stereocenters. The molecule has 112 valence electrons. The van der Waals surface area contributed by atoms with Crippen molar-refractivity contribution in [3.8, 4) is 0 Å². The lowest BCUT2D eigenvalue weighted by atomic mass is 10.1. The van der Waals surface area contributed by atoms with Crippen molar-refractivity contribution in [2.75, 3.05) is 26.2 Å². The van der Waals surface area contributed by atoms with Gasteiger partial charge in [-0.3, -0.25) is 9.36 Å². The Balaban J connectivity index is 1.82. The summed E-state index contributed by atoms with van der Waals surface area (Å²) in [4.78, 5) is 23.1. The molecule has 1 aliphatic heterocycles. The standard InChI is InChI=1S/C15H21N5O/c1-11-2-3-13-15(18-11)20(14(21)9-17-13)7-6-19-5-4-12(8-16)10-19/h2-3,9,12H,4-8,10,16H2,1H3/t12-/m0/s1. The van der Waals surface area contributed by atoms with Crippen LogP contribution in [0.15, 0.2) is 23.1 Å². The van der Waals surface area contributed by atoms with Crippen LogP contribution < -0.4 is 11.3 Å². The average molecular weight is 287 g/mol. The summed E-state index contributed by atoms with van der Waals surface area (Å²) in [6.07, 6.45) is 2.53. The third kappa shape index (κ3) is 2.96. The summed E-state index contributed by atoms with van der Waals surface area (Å²) >= 11 is 0. The molecule has 0 unspecified atom stereocenters. The molecule has 0 aromatic carbocycles. The van der Waals surface area contributed by atoms with Gasteiger partial charge in [0.1, 0.15) is 5.52 Å². The molecule has 1 fully saturated rings. The molecule has 0 radical (unpaired) electrons. The zero-order chi connectivity index (χ0) is 14.8. The molecule has 1 saturated heterocycles. The van der Waals surface area contributed by atoms with Crippen molar-refractivity contribution >= 4 is 11.2 Å². The van der Waals surface area contributed by atoms with Gasteiger partial charge in [0.15, 0.2) is 5.65 Å². The molecule has 3 rings (SSSR count). The summed E-state index contributed by atoms with van der Waals surface area (Å²) in [6, 6.07) is 3.82. The van der Waals surface area contributed by atoms with Gasteiger partial charge in [-0.05, 0) is 44.5 Å². The highest BCUT2D eigenvalue weighted by molar-refractivity contribution is 5.69. The monoisotopic (exact) mass is 287 g/mol. The van der Waals surface area contributed by atoms with E-state index in [4.69, 9.17) is 5.73 Å². The molecule has 3 heterocycles. The lowest BCUT2D eigenvalue weighted by Crippen LogP contribution is -2.31. The first-order valence-corrected chi connectivity index (χ1v) is 7.43. The second-order valence-corrected chi connectivity index (χ2v) is 5.73. The third-order valence-electron chi connectivity index (χ3n) is 4.17. The normalized spacial score (nSPS) is 19.4. The molecule has 0 aliphatic carbocycles. The van der Waals surface area contributed by atoms with Gasteiger partial charge in [-0.1, -0.05) is 0 Å². The van der Waals surface area contributed by atoms with E-state index in [-0.39, 0.29) is 5.56 Å². The highest BCUT2D eigenvalue weighted by atomic mass is 16.1. The van der Waals surface area contributed by atoms with Gasteiger partial charge in [-0.15, -0.1) is 0 Å². The van der Waals surface area contributed by atoms with Crippen molar-refractivity contribution < 1.29 is 0 Å². The second-order valence-electron chi connectivity index (χ2n) is 5.73. The number of hydrogen-bond donors (Lipinski definition) is 1. The Morgan fingerprint density at radius 2 is 2.24 bits per heavy atom. The lowest BCUT2D eigenvalue weighted by molar-refractivity contribution is 0.310. The Morgan fingerprint density at radius 3 is 3.00 bits per heavy atom. The zero-order valence-electron chi connectivity index (χ0n) is 12.3. The average Bonchev–Trinajstić information content (AvgIpc) is 2.94. The number of hydrogen-bond acceptors (Lipinski definition) is 5. The minimum atomic E-state index is -0.0878.